The van der Waals surface area contributed by atoms with Gasteiger partial charge in [0.2, 0.25) is 0 Å². The third-order valence-corrected chi connectivity index (χ3v) is 13.8. The van der Waals surface area contributed by atoms with Crippen molar-refractivity contribution in [2.45, 2.75) is 52.4 Å². The topological polar surface area (TPSA) is 12.1 Å². The predicted octanol–water partition coefficient (Wildman–Crippen LogP) is 16.4. The Morgan fingerprint density at radius 3 is 1.46 bits per heavy atom. The van der Waals surface area contributed by atoms with Gasteiger partial charge >= 0.3 is 0 Å². The van der Waals surface area contributed by atoms with Crippen LogP contribution in [0.25, 0.3) is 97.7 Å². The highest BCUT2D eigenvalue weighted by Crippen LogP contribution is 2.52. The molecule has 3 nitrogen and oxygen atoms in total. The lowest BCUT2D eigenvalue weighted by molar-refractivity contribution is 0.590. The van der Waals surface area contributed by atoms with Crippen LogP contribution in [0.3, 0.4) is 0 Å². The van der Waals surface area contributed by atoms with Gasteiger partial charge in [0.25, 0.3) is 0 Å². The zero-order chi connectivity index (χ0) is 41.1. The van der Waals surface area contributed by atoms with E-state index in [1.807, 2.05) is 0 Å². The van der Waals surface area contributed by atoms with Crippen molar-refractivity contribution in [3.8, 4) is 0 Å². The smallest absolute Gasteiger partial charge is 0.0789 e. The number of para-hydroxylation sites is 2. The van der Waals surface area contributed by atoms with Crippen LogP contribution in [0, 0.1) is 0 Å². The fourth-order valence-corrected chi connectivity index (χ4v) is 10.8. The summed E-state index contributed by atoms with van der Waals surface area (Å²) in [6.07, 6.45) is 0. The number of nitrogens with zero attached hydrogens (tertiary/aromatic N) is 3. The minimum Gasteiger partial charge on any atom is -0.308 e. The third-order valence-electron chi connectivity index (χ3n) is 13.8. The quantitative estimate of drug-likeness (QED) is 0.174. The molecule has 0 saturated carbocycles. The van der Waals surface area contributed by atoms with Gasteiger partial charge in [-0.1, -0.05) is 133 Å². The molecule has 4 heterocycles. The van der Waals surface area contributed by atoms with Crippen LogP contribution in [0.15, 0.2) is 164 Å². The van der Waals surface area contributed by atoms with E-state index in [1.165, 1.54) is 115 Å². The average Bonchev–Trinajstić information content (AvgIpc) is 3.98. The molecule has 0 aliphatic heterocycles. The summed E-state index contributed by atoms with van der Waals surface area (Å²) < 4.78 is 5.21. The van der Waals surface area contributed by atoms with Crippen LogP contribution in [0.1, 0.15) is 52.7 Å². The molecule has 4 aromatic heterocycles. The van der Waals surface area contributed by atoms with Gasteiger partial charge in [-0.2, -0.15) is 0 Å². The first-order valence-electron chi connectivity index (χ1n) is 21.7. The molecule has 0 aliphatic carbocycles. The Bertz CT molecular complexity index is 3890. The molecule has 3 heteroatoms. The molecule has 0 N–H and O–H groups in total. The highest BCUT2D eigenvalue weighted by molar-refractivity contribution is 6.36. The van der Waals surface area contributed by atoms with E-state index in [-0.39, 0.29) is 10.8 Å². The number of aromatic nitrogens is 2. The Hall–Kier alpha value is -7.10. The number of rotatable bonds is 3. The van der Waals surface area contributed by atoms with E-state index < -0.39 is 0 Å². The minimum atomic E-state index is -0.0202. The molecule has 0 saturated heterocycles. The maximum absolute atomic E-state index is 2.63. The summed E-state index contributed by atoms with van der Waals surface area (Å²) in [5.74, 6) is 0. The molecule has 0 bridgehead atoms. The SMILES string of the molecule is CC(C)(C)c1ccc2c(c1)c1cc(C(C)(C)C)cc3c4cc5c(cc4n2c13)c1cc2ccccc2c2c3cc4ccccc4c(N(c4ccccc4)c4ccccc4)c3n5c12. The first-order chi connectivity index (χ1) is 29.5. The first-order valence-corrected chi connectivity index (χ1v) is 21.7. The molecule has 0 radical (unpaired) electrons. The minimum absolute atomic E-state index is 0.0202. The lowest BCUT2D eigenvalue weighted by Gasteiger charge is -2.28. The van der Waals surface area contributed by atoms with Crippen molar-refractivity contribution in [1.29, 1.82) is 0 Å². The second-order valence-electron chi connectivity index (χ2n) is 19.4. The zero-order valence-corrected chi connectivity index (χ0v) is 35.4. The van der Waals surface area contributed by atoms with E-state index in [2.05, 4.69) is 219 Å². The van der Waals surface area contributed by atoms with Crippen molar-refractivity contribution in [3.63, 3.8) is 0 Å². The number of hydrogen-bond acceptors (Lipinski definition) is 1. The summed E-state index contributed by atoms with van der Waals surface area (Å²) in [6.45, 7) is 14.0. The van der Waals surface area contributed by atoms with Crippen LogP contribution in [-0.2, 0) is 10.8 Å². The Labute approximate surface area is 354 Å². The molecule has 0 amide bonds. The molecule has 61 heavy (non-hydrogen) atoms. The van der Waals surface area contributed by atoms with Crippen LogP contribution in [-0.4, -0.2) is 8.80 Å². The van der Waals surface area contributed by atoms with Gasteiger partial charge in [-0.3, -0.25) is 0 Å². The Balaban J connectivity index is 1.28. The van der Waals surface area contributed by atoms with Crippen LogP contribution in [0.4, 0.5) is 17.1 Å². The molecule has 9 aromatic carbocycles. The van der Waals surface area contributed by atoms with Gasteiger partial charge in [-0.05, 0) is 111 Å². The van der Waals surface area contributed by atoms with Crippen LogP contribution < -0.4 is 4.90 Å². The highest BCUT2D eigenvalue weighted by Gasteiger charge is 2.29. The van der Waals surface area contributed by atoms with E-state index in [0.29, 0.717) is 0 Å². The van der Waals surface area contributed by atoms with E-state index in [0.717, 1.165) is 11.4 Å². The highest BCUT2D eigenvalue weighted by atomic mass is 15.2. The molecule has 0 fully saturated rings. The number of fused-ring (bicyclic) bond motifs is 15. The van der Waals surface area contributed by atoms with Gasteiger partial charge in [0.1, 0.15) is 0 Å². The van der Waals surface area contributed by atoms with Crippen molar-refractivity contribution < 1.29 is 0 Å². The second-order valence-corrected chi connectivity index (χ2v) is 19.4. The van der Waals surface area contributed by atoms with Gasteiger partial charge in [0, 0.05) is 59.9 Å². The molecule has 292 valence electrons. The normalized spacial score (nSPS) is 13.1. The number of hydrogen-bond donors (Lipinski definition) is 0. The van der Waals surface area contributed by atoms with Crippen molar-refractivity contribution in [2.24, 2.45) is 0 Å². The summed E-state index contributed by atoms with van der Waals surface area (Å²) in [7, 11) is 0. The Morgan fingerprint density at radius 1 is 0.344 bits per heavy atom. The second kappa shape index (κ2) is 11.8. The molecule has 0 aliphatic rings. The largest absolute Gasteiger partial charge is 0.308 e. The Kier molecular flexibility index (Phi) is 6.72. The summed E-state index contributed by atoms with van der Waals surface area (Å²) in [6, 6.07) is 61.9. The summed E-state index contributed by atoms with van der Waals surface area (Å²) >= 11 is 0. The monoisotopic (exact) mass is 783 g/mol. The van der Waals surface area contributed by atoms with E-state index >= 15 is 0 Å². The average molecular weight is 784 g/mol. The van der Waals surface area contributed by atoms with E-state index in [4.69, 9.17) is 0 Å². The van der Waals surface area contributed by atoms with Gasteiger partial charge < -0.3 is 13.7 Å². The van der Waals surface area contributed by atoms with Crippen molar-refractivity contribution in [3.05, 3.63) is 175 Å². The van der Waals surface area contributed by atoms with Gasteiger partial charge in [-0.15, -0.1) is 0 Å². The van der Waals surface area contributed by atoms with Crippen LogP contribution in [0.2, 0.25) is 0 Å². The van der Waals surface area contributed by atoms with Crippen LogP contribution >= 0.6 is 0 Å². The fourth-order valence-electron chi connectivity index (χ4n) is 10.8. The molecule has 13 aromatic rings. The first kappa shape index (κ1) is 34.7. The van der Waals surface area contributed by atoms with Gasteiger partial charge in [-0.25, -0.2) is 0 Å². The summed E-state index contributed by atoms with van der Waals surface area (Å²) in [5, 5.41) is 15.4. The van der Waals surface area contributed by atoms with E-state index in [9.17, 15) is 0 Å². The van der Waals surface area contributed by atoms with Gasteiger partial charge in [0.05, 0.1) is 38.8 Å². The third kappa shape index (κ3) is 4.64. The van der Waals surface area contributed by atoms with E-state index in [1.54, 1.807) is 0 Å². The molecule has 0 atom stereocenters. The van der Waals surface area contributed by atoms with Crippen LogP contribution in [0.5, 0.6) is 0 Å². The van der Waals surface area contributed by atoms with Gasteiger partial charge in [0.15, 0.2) is 0 Å². The summed E-state index contributed by atoms with van der Waals surface area (Å²) in [4.78, 5) is 2.49. The zero-order valence-electron chi connectivity index (χ0n) is 35.4. The van der Waals surface area contributed by atoms with Crippen molar-refractivity contribution in [1.82, 2.24) is 8.80 Å². The maximum atomic E-state index is 2.63. The number of anilines is 3. The molecule has 13 rings (SSSR count). The molecule has 0 spiro atoms. The lowest BCUT2D eigenvalue weighted by Crippen LogP contribution is -2.11. The number of benzene rings is 9. The Morgan fingerprint density at radius 2 is 0.836 bits per heavy atom. The molecule has 0 unspecified atom stereocenters. The summed E-state index contributed by atoms with van der Waals surface area (Å²) in [5.41, 5.74) is 13.8. The van der Waals surface area contributed by atoms with Crippen molar-refractivity contribution in [2.75, 3.05) is 4.90 Å². The standard InChI is InChI=1S/C58H45N3/c1-57(2,3)36-25-26-49-42(29-36)46-30-37(58(4,5)6)31-47-44-33-51-43(32-50(44)60(49)53(46)47)45-27-34-17-13-15-23-40(34)52-48-28-35-18-14-16-24-41(35)55(56(48)61(51)54(45)52)59(38-19-9-7-10-20-38)39-21-11-8-12-22-39/h7-33H,1-6H3. The van der Waals surface area contributed by atoms with Crippen molar-refractivity contribution >= 4 is 115 Å². The fraction of sp³-hybridized carbons (Fsp3) is 0.138. The molecular formula is C58H45N3. The molecular weight excluding hydrogens is 739 g/mol. The maximum Gasteiger partial charge on any atom is 0.0789 e. The lowest BCUT2D eigenvalue weighted by atomic mass is 9.84. The predicted molar refractivity (Wildman–Crippen MR) is 263 cm³/mol.